The standard InChI is InChI=1S/C14H10ClF4NO2S/c15-14(11-4-2-1-3-5-11)10-23(16,17,18,19)13-8-6-12(7-9-13)20(21)22/h1-10H. The Hall–Kier alpha value is -2.06. The minimum atomic E-state index is -8.83. The van der Waals surface area contributed by atoms with Crippen LogP contribution in [-0.4, -0.2) is 4.92 Å². The highest BCUT2D eigenvalue weighted by Gasteiger charge is 2.63. The zero-order valence-electron chi connectivity index (χ0n) is 11.3. The van der Waals surface area contributed by atoms with Crippen molar-refractivity contribution in [3.8, 4) is 0 Å². The third-order valence-electron chi connectivity index (χ3n) is 2.93. The van der Waals surface area contributed by atoms with Crippen LogP contribution in [0.25, 0.3) is 5.03 Å². The Morgan fingerprint density at radius 2 is 1.52 bits per heavy atom. The van der Waals surface area contributed by atoms with Crippen LogP contribution in [0.4, 0.5) is 21.2 Å². The molecule has 0 aliphatic heterocycles. The lowest BCUT2D eigenvalue weighted by Gasteiger charge is -2.47. The van der Waals surface area contributed by atoms with Crippen LogP contribution in [0.5, 0.6) is 0 Å². The Morgan fingerprint density at radius 1 is 1.00 bits per heavy atom. The van der Waals surface area contributed by atoms with Gasteiger partial charge in [-0.1, -0.05) is 41.9 Å². The van der Waals surface area contributed by atoms with E-state index in [4.69, 9.17) is 11.6 Å². The molecule has 0 fully saturated rings. The summed E-state index contributed by atoms with van der Waals surface area (Å²) in [5.41, 5.74) is -0.563. The first-order valence-electron chi connectivity index (χ1n) is 6.11. The van der Waals surface area contributed by atoms with Gasteiger partial charge in [-0.15, -0.1) is 15.5 Å². The van der Waals surface area contributed by atoms with E-state index in [1.54, 1.807) is 6.07 Å². The van der Waals surface area contributed by atoms with Crippen LogP contribution in [0.1, 0.15) is 5.56 Å². The Kier molecular flexibility index (Phi) is 3.74. The number of nitro groups is 1. The number of hydrogen-bond acceptors (Lipinski definition) is 2. The monoisotopic (exact) mass is 367 g/mol. The van der Waals surface area contributed by atoms with Crippen LogP contribution >= 0.6 is 21.4 Å². The summed E-state index contributed by atoms with van der Waals surface area (Å²) in [5.74, 6) is 0. The van der Waals surface area contributed by atoms with E-state index in [0.717, 1.165) is 0 Å². The molecule has 2 aromatic rings. The van der Waals surface area contributed by atoms with Crippen LogP contribution in [0.2, 0.25) is 0 Å². The van der Waals surface area contributed by atoms with Crippen LogP contribution in [0.3, 0.4) is 0 Å². The molecule has 124 valence electrons. The van der Waals surface area contributed by atoms with Crippen molar-refractivity contribution in [2.45, 2.75) is 4.90 Å². The lowest BCUT2D eigenvalue weighted by atomic mass is 10.2. The molecule has 3 nitrogen and oxygen atoms in total. The van der Waals surface area contributed by atoms with Gasteiger partial charge in [-0.05, 0) is 17.7 Å². The molecule has 0 amide bonds. The fourth-order valence-corrected chi connectivity index (χ4v) is 3.85. The molecule has 0 radical (unpaired) electrons. The molecule has 0 saturated carbocycles. The van der Waals surface area contributed by atoms with Crippen molar-refractivity contribution >= 4 is 32.2 Å². The van der Waals surface area contributed by atoms with Gasteiger partial charge in [0.25, 0.3) is 5.69 Å². The molecule has 0 N–H and O–H groups in total. The van der Waals surface area contributed by atoms with Crippen molar-refractivity contribution < 1.29 is 20.5 Å². The van der Waals surface area contributed by atoms with Gasteiger partial charge in [0.2, 0.25) is 9.84 Å². The number of hydrogen-bond donors (Lipinski definition) is 0. The third kappa shape index (κ3) is 3.83. The maximum absolute atomic E-state index is 14.3. The molecule has 0 heterocycles. The van der Waals surface area contributed by atoms with Gasteiger partial charge in [-0.3, -0.25) is 10.1 Å². The normalized spacial score (nSPS) is 15.6. The maximum Gasteiger partial charge on any atom is 0.269 e. The number of non-ortho nitro benzene ring substituents is 1. The number of rotatable bonds is 4. The summed E-state index contributed by atoms with van der Waals surface area (Å²) >= 11 is 5.62. The number of nitro benzene ring substituents is 1. The van der Waals surface area contributed by atoms with E-state index < -0.39 is 35.8 Å². The summed E-state index contributed by atoms with van der Waals surface area (Å²) in [6.07, 6.45) is 0. The molecule has 0 unspecified atom stereocenters. The summed E-state index contributed by atoms with van der Waals surface area (Å²) in [5, 5.41) is 9.14. The molecule has 0 bridgehead atoms. The van der Waals surface area contributed by atoms with E-state index in [1.165, 1.54) is 24.3 Å². The molecule has 23 heavy (non-hydrogen) atoms. The summed E-state index contributed by atoms with van der Waals surface area (Å²) in [6, 6.07) is 8.99. The number of halogens is 5. The second kappa shape index (κ2) is 4.97. The Labute approximate surface area is 133 Å². The van der Waals surface area contributed by atoms with E-state index >= 15 is 0 Å². The Balaban J connectivity index is 2.56. The van der Waals surface area contributed by atoms with E-state index in [0.29, 0.717) is 24.3 Å². The van der Waals surface area contributed by atoms with Gasteiger partial charge in [0.05, 0.1) is 20.3 Å². The minimum Gasteiger partial charge on any atom is -0.258 e. The topological polar surface area (TPSA) is 43.1 Å². The molecular weight excluding hydrogens is 358 g/mol. The largest absolute Gasteiger partial charge is 0.269 e. The second-order valence-corrected chi connectivity index (χ2v) is 8.10. The first-order chi connectivity index (χ1) is 10.4. The number of benzene rings is 2. The zero-order chi connectivity index (χ0) is 17.4. The molecule has 0 spiro atoms. The Bertz CT molecular complexity index is 788. The van der Waals surface area contributed by atoms with Crippen LogP contribution in [0, 0.1) is 10.1 Å². The lowest BCUT2D eigenvalue weighted by Crippen LogP contribution is -2.10. The highest BCUT2D eigenvalue weighted by molar-refractivity contribution is 8.52. The van der Waals surface area contributed by atoms with Crippen molar-refractivity contribution in [1.29, 1.82) is 0 Å². The molecule has 2 rings (SSSR count). The summed E-state index contributed by atoms with van der Waals surface area (Å²) in [6.45, 7) is 0. The first kappa shape index (κ1) is 17.3. The molecule has 9 heteroatoms. The average molecular weight is 368 g/mol. The smallest absolute Gasteiger partial charge is 0.258 e. The van der Waals surface area contributed by atoms with Crippen LogP contribution in [0.15, 0.2) is 64.9 Å². The lowest BCUT2D eigenvalue weighted by molar-refractivity contribution is -0.384. The summed E-state index contributed by atoms with van der Waals surface area (Å²) in [4.78, 5) is 8.01. The van der Waals surface area contributed by atoms with Gasteiger partial charge in [-0.25, -0.2) is 0 Å². The predicted octanol–water partition coefficient (Wildman–Crippen LogP) is 6.61. The highest BCUT2D eigenvalue weighted by atomic mass is 35.5. The van der Waals surface area contributed by atoms with Gasteiger partial charge in [-0.2, -0.15) is 0 Å². The van der Waals surface area contributed by atoms with Crippen molar-refractivity contribution in [2.75, 3.05) is 0 Å². The van der Waals surface area contributed by atoms with Gasteiger partial charge in [0.15, 0.2) is 0 Å². The minimum absolute atomic E-state index is 0.00618. The average Bonchev–Trinajstić information content (AvgIpc) is 2.46. The van der Waals surface area contributed by atoms with E-state index in [2.05, 4.69) is 0 Å². The fraction of sp³-hybridized carbons (Fsp3) is 0. The summed E-state index contributed by atoms with van der Waals surface area (Å²) < 4.78 is 57.0. The van der Waals surface area contributed by atoms with Crippen molar-refractivity contribution in [1.82, 2.24) is 0 Å². The first-order valence-corrected chi connectivity index (χ1v) is 8.60. The molecule has 0 atom stereocenters. The van der Waals surface area contributed by atoms with Crippen molar-refractivity contribution in [2.24, 2.45) is 0 Å². The molecule has 2 aromatic carbocycles. The van der Waals surface area contributed by atoms with Gasteiger partial charge in [0, 0.05) is 12.1 Å². The molecule has 0 aromatic heterocycles. The van der Waals surface area contributed by atoms with E-state index in [-0.39, 0.29) is 5.56 Å². The quantitative estimate of drug-likeness (QED) is 0.347. The van der Waals surface area contributed by atoms with Crippen molar-refractivity contribution in [3.63, 3.8) is 0 Å². The third-order valence-corrected chi connectivity index (χ3v) is 5.35. The van der Waals surface area contributed by atoms with Crippen LogP contribution in [-0.2, 0) is 0 Å². The molecule has 0 aliphatic rings. The van der Waals surface area contributed by atoms with Gasteiger partial charge in [0.1, 0.15) is 0 Å². The van der Waals surface area contributed by atoms with Crippen molar-refractivity contribution in [3.05, 3.63) is 75.7 Å². The van der Waals surface area contributed by atoms with Gasteiger partial charge < -0.3 is 0 Å². The second-order valence-electron chi connectivity index (χ2n) is 4.72. The SMILES string of the molecule is O=[N+]([O-])c1ccc(S(F)(F)(F)(F)C=C(Cl)c2ccccc2)cc1. The fourth-order valence-electron chi connectivity index (χ4n) is 1.79. The van der Waals surface area contributed by atoms with E-state index in [1.807, 2.05) is 0 Å². The van der Waals surface area contributed by atoms with E-state index in [9.17, 15) is 25.7 Å². The van der Waals surface area contributed by atoms with Gasteiger partial charge >= 0.3 is 0 Å². The summed E-state index contributed by atoms with van der Waals surface area (Å²) in [7, 11) is -8.83. The Morgan fingerprint density at radius 3 is 2.00 bits per heavy atom. The predicted molar refractivity (Wildman–Crippen MR) is 83.7 cm³/mol. The highest BCUT2D eigenvalue weighted by Crippen LogP contribution is 3.02. The molecule has 0 saturated heterocycles. The number of nitrogens with zero attached hydrogens (tertiary/aromatic N) is 1. The maximum atomic E-state index is 14.3. The zero-order valence-corrected chi connectivity index (χ0v) is 12.9. The molecular formula is C14H10ClF4NO2S. The molecule has 0 aliphatic carbocycles. The van der Waals surface area contributed by atoms with Crippen LogP contribution < -0.4 is 0 Å².